The third kappa shape index (κ3) is 4.44. The van der Waals surface area contributed by atoms with Gasteiger partial charge in [-0.3, -0.25) is 4.79 Å². The molecule has 2 heterocycles. The third-order valence-corrected chi connectivity index (χ3v) is 7.70. The van der Waals surface area contributed by atoms with Crippen LogP contribution in [0.25, 0.3) is 0 Å². The van der Waals surface area contributed by atoms with Crippen LogP contribution in [0, 0.1) is 12.8 Å². The van der Waals surface area contributed by atoms with Crippen LogP contribution in [0.5, 0.6) is 0 Å². The van der Waals surface area contributed by atoms with Crippen LogP contribution < -0.4 is 0 Å². The molecule has 136 valence electrons. The second-order valence-electron chi connectivity index (χ2n) is 7.30. The average Bonchev–Trinajstić information content (AvgIpc) is 2.93. The zero-order valence-corrected chi connectivity index (χ0v) is 16.4. The van der Waals surface area contributed by atoms with Crippen LogP contribution in [0.4, 0.5) is 0 Å². The van der Waals surface area contributed by atoms with Crippen molar-refractivity contribution in [1.82, 2.24) is 4.90 Å². The maximum Gasteiger partial charge on any atom is 0.248 e. The first kappa shape index (κ1) is 18.5. The van der Waals surface area contributed by atoms with Gasteiger partial charge in [0.2, 0.25) is 5.91 Å². The summed E-state index contributed by atoms with van der Waals surface area (Å²) in [7, 11) is -3.01. The highest BCUT2D eigenvalue weighted by molar-refractivity contribution is 8.15. The Labute approximate surface area is 153 Å². The van der Waals surface area contributed by atoms with E-state index >= 15 is 0 Å². The van der Waals surface area contributed by atoms with E-state index in [0.29, 0.717) is 18.1 Å². The second kappa shape index (κ2) is 7.11. The van der Waals surface area contributed by atoms with Gasteiger partial charge in [0.25, 0.3) is 0 Å². The number of sulfone groups is 1. The zero-order valence-electron chi connectivity index (χ0n) is 14.8. The fraction of sp³-hybridized carbons (Fsp3) is 0.556. The lowest BCUT2D eigenvalue weighted by molar-refractivity contribution is -0.118. The lowest BCUT2D eigenvalue weighted by Crippen LogP contribution is -2.37. The van der Waals surface area contributed by atoms with Crippen LogP contribution in [0.15, 0.2) is 29.3 Å². The first-order valence-electron chi connectivity index (χ1n) is 8.54. The van der Waals surface area contributed by atoms with Gasteiger partial charge in [-0.1, -0.05) is 55.4 Å². The molecule has 2 fully saturated rings. The quantitative estimate of drug-likeness (QED) is 0.803. The van der Waals surface area contributed by atoms with Crippen molar-refractivity contribution < 1.29 is 13.2 Å². The topological polar surface area (TPSA) is 66.8 Å². The van der Waals surface area contributed by atoms with Gasteiger partial charge in [-0.25, -0.2) is 8.42 Å². The maximum absolute atomic E-state index is 12.2. The molecule has 0 N–H and O–H groups in total. The molecule has 25 heavy (non-hydrogen) atoms. The fourth-order valence-corrected chi connectivity index (χ4v) is 7.18. The minimum Gasteiger partial charge on any atom is -0.342 e. The van der Waals surface area contributed by atoms with E-state index in [9.17, 15) is 13.2 Å². The SMILES string of the molecule is Cc1ccc(CN2C(=NC(=O)CC(C)C)S[C@H]3CS(=O)(=O)C[C@@H]32)cc1. The van der Waals surface area contributed by atoms with Crippen molar-refractivity contribution in [3.05, 3.63) is 35.4 Å². The van der Waals surface area contributed by atoms with Gasteiger partial charge in [0, 0.05) is 18.2 Å². The van der Waals surface area contributed by atoms with Crippen molar-refractivity contribution in [2.75, 3.05) is 11.5 Å². The van der Waals surface area contributed by atoms with Gasteiger partial charge in [-0.05, 0) is 18.4 Å². The van der Waals surface area contributed by atoms with E-state index in [0.717, 1.165) is 5.56 Å². The molecule has 1 aromatic carbocycles. The van der Waals surface area contributed by atoms with E-state index in [1.54, 1.807) is 0 Å². The van der Waals surface area contributed by atoms with E-state index in [-0.39, 0.29) is 34.6 Å². The Morgan fingerprint density at radius 1 is 1.28 bits per heavy atom. The summed E-state index contributed by atoms with van der Waals surface area (Å²) in [6, 6.07) is 8.08. The number of benzene rings is 1. The molecule has 7 heteroatoms. The molecule has 1 aromatic rings. The largest absolute Gasteiger partial charge is 0.342 e. The fourth-order valence-electron chi connectivity index (χ4n) is 3.21. The highest BCUT2D eigenvalue weighted by Gasteiger charge is 2.48. The Balaban J connectivity index is 1.85. The number of hydrogen-bond acceptors (Lipinski definition) is 4. The average molecular weight is 381 g/mol. The van der Waals surface area contributed by atoms with Crippen LogP contribution >= 0.6 is 11.8 Å². The molecule has 1 amide bonds. The van der Waals surface area contributed by atoms with Crippen LogP contribution in [-0.2, 0) is 21.2 Å². The summed E-state index contributed by atoms with van der Waals surface area (Å²) in [6.45, 7) is 6.60. The van der Waals surface area contributed by atoms with E-state index in [1.165, 1.54) is 17.3 Å². The summed E-state index contributed by atoms with van der Waals surface area (Å²) >= 11 is 1.45. The second-order valence-corrected chi connectivity index (χ2v) is 10.7. The number of carbonyl (C=O) groups excluding carboxylic acids is 1. The number of rotatable bonds is 4. The first-order valence-corrected chi connectivity index (χ1v) is 11.2. The Kier molecular flexibility index (Phi) is 5.25. The summed E-state index contributed by atoms with van der Waals surface area (Å²) in [5.41, 5.74) is 2.28. The number of carbonyl (C=O) groups is 1. The Bertz CT molecular complexity index is 785. The summed E-state index contributed by atoms with van der Waals surface area (Å²) in [5.74, 6) is 0.445. The van der Waals surface area contributed by atoms with Gasteiger partial charge >= 0.3 is 0 Å². The Hall–Kier alpha value is -1.34. The van der Waals surface area contributed by atoms with Crippen LogP contribution in [0.3, 0.4) is 0 Å². The molecule has 0 unspecified atom stereocenters. The number of nitrogens with zero attached hydrogens (tertiary/aromatic N) is 2. The van der Waals surface area contributed by atoms with Gasteiger partial charge in [-0.15, -0.1) is 0 Å². The van der Waals surface area contributed by atoms with Crippen molar-refractivity contribution >= 4 is 32.7 Å². The maximum atomic E-state index is 12.2. The van der Waals surface area contributed by atoms with Crippen LogP contribution in [0.1, 0.15) is 31.4 Å². The highest BCUT2D eigenvalue weighted by atomic mass is 32.2. The molecule has 0 aromatic heterocycles. The molecule has 0 aliphatic carbocycles. The standard InChI is InChI=1S/C18H24N2O3S2/c1-12(2)8-17(21)19-18-20(9-14-6-4-13(3)5-7-14)15-10-25(22,23)11-16(15)24-18/h4-7,12,15-16H,8-11H2,1-3H3/t15-,16-/m0/s1. The molecular weight excluding hydrogens is 356 g/mol. The lowest BCUT2D eigenvalue weighted by Gasteiger charge is -2.24. The van der Waals surface area contributed by atoms with E-state index < -0.39 is 9.84 Å². The van der Waals surface area contributed by atoms with E-state index in [4.69, 9.17) is 0 Å². The minimum atomic E-state index is -3.01. The number of amidine groups is 1. The van der Waals surface area contributed by atoms with Gasteiger partial charge in [-0.2, -0.15) is 4.99 Å². The lowest BCUT2D eigenvalue weighted by atomic mass is 10.1. The molecule has 5 nitrogen and oxygen atoms in total. The monoisotopic (exact) mass is 380 g/mol. The molecule has 0 bridgehead atoms. The predicted molar refractivity (Wildman–Crippen MR) is 102 cm³/mol. The Morgan fingerprint density at radius 2 is 1.96 bits per heavy atom. The summed E-state index contributed by atoms with van der Waals surface area (Å²) < 4.78 is 24.0. The van der Waals surface area contributed by atoms with Crippen LogP contribution in [-0.4, -0.2) is 47.2 Å². The molecule has 3 rings (SSSR count). The molecule has 0 radical (unpaired) electrons. The number of fused-ring (bicyclic) bond motifs is 1. The first-order chi connectivity index (χ1) is 11.7. The molecular formula is C18H24N2O3S2. The van der Waals surface area contributed by atoms with Crippen LogP contribution in [0.2, 0.25) is 0 Å². The van der Waals surface area contributed by atoms with Crippen molar-refractivity contribution in [3.8, 4) is 0 Å². The number of thioether (sulfide) groups is 1. The molecule has 2 aliphatic heterocycles. The Morgan fingerprint density at radius 3 is 2.60 bits per heavy atom. The number of hydrogen-bond donors (Lipinski definition) is 0. The van der Waals surface area contributed by atoms with Crippen molar-refractivity contribution in [1.29, 1.82) is 0 Å². The summed E-state index contributed by atoms with van der Waals surface area (Å²) in [5, 5.41) is 0.650. The molecule has 2 aliphatic rings. The van der Waals surface area contributed by atoms with Gasteiger partial charge in [0.15, 0.2) is 15.0 Å². The smallest absolute Gasteiger partial charge is 0.248 e. The van der Waals surface area contributed by atoms with E-state index in [1.807, 2.05) is 49.9 Å². The normalized spacial score (nSPS) is 26.4. The molecule has 2 saturated heterocycles. The van der Waals surface area contributed by atoms with Gasteiger partial charge in [0.05, 0.1) is 17.5 Å². The van der Waals surface area contributed by atoms with Crippen molar-refractivity contribution in [2.24, 2.45) is 10.9 Å². The summed E-state index contributed by atoms with van der Waals surface area (Å²) in [6.07, 6.45) is 0.413. The third-order valence-electron chi connectivity index (χ3n) is 4.45. The zero-order chi connectivity index (χ0) is 18.2. The number of amides is 1. The molecule has 2 atom stereocenters. The summed E-state index contributed by atoms with van der Waals surface area (Å²) in [4.78, 5) is 18.5. The highest BCUT2D eigenvalue weighted by Crippen LogP contribution is 2.39. The number of aliphatic imine (C=N–C) groups is 1. The van der Waals surface area contributed by atoms with E-state index in [2.05, 4.69) is 4.99 Å². The van der Waals surface area contributed by atoms with Crippen molar-refractivity contribution in [2.45, 2.75) is 45.0 Å². The number of aryl methyl sites for hydroxylation is 1. The molecule has 0 spiro atoms. The minimum absolute atomic E-state index is 0.0268. The van der Waals surface area contributed by atoms with Gasteiger partial charge in [0.1, 0.15) is 0 Å². The van der Waals surface area contributed by atoms with Gasteiger partial charge < -0.3 is 4.90 Å². The molecule has 0 saturated carbocycles. The van der Waals surface area contributed by atoms with Crippen molar-refractivity contribution in [3.63, 3.8) is 0 Å². The predicted octanol–water partition coefficient (Wildman–Crippen LogP) is 2.64.